The topological polar surface area (TPSA) is 81.3 Å². The quantitative estimate of drug-likeness (QED) is 0.636. The summed E-state index contributed by atoms with van der Waals surface area (Å²) < 4.78 is 1.30. The molecule has 0 fully saturated rings. The lowest BCUT2D eigenvalue weighted by Gasteiger charge is -2.22. The van der Waals surface area contributed by atoms with Gasteiger partial charge >= 0.3 is 5.69 Å². The number of rotatable bonds is 3. The molecule has 1 aliphatic heterocycles. The van der Waals surface area contributed by atoms with E-state index in [9.17, 15) is 14.9 Å². The van der Waals surface area contributed by atoms with Gasteiger partial charge in [0.25, 0.3) is 0 Å². The van der Waals surface area contributed by atoms with Crippen molar-refractivity contribution in [3.63, 3.8) is 0 Å². The van der Waals surface area contributed by atoms with Crippen LogP contribution in [0.2, 0.25) is 0 Å². The average Bonchev–Trinajstić information content (AvgIpc) is 3.01. The van der Waals surface area contributed by atoms with Gasteiger partial charge in [-0.15, -0.1) is 0 Å². The van der Waals surface area contributed by atoms with Gasteiger partial charge in [-0.1, -0.05) is 18.2 Å². The summed E-state index contributed by atoms with van der Waals surface area (Å²) in [4.78, 5) is 24.3. The maximum atomic E-state index is 12.5. The number of fused-ring (bicyclic) bond motifs is 1. The van der Waals surface area contributed by atoms with Crippen molar-refractivity contribution in [2.75, 3.05) is 4.90 Å². The second-order valence-corrected chi connectivity index (χ2v) is 5.10. The molecule has 0 N–H and O–H groups in total. The van der Waals surface area contributed by atoms with Crippen molar-refractivity contribution in [1.82, 2.24) is 9.78 Å². The summed E-state index contributed by atoms with van der Waals surface area (Å²) in [7, 11) is 0. The van der Waals surface area contributed by atoms with E-state index in [4.69, 9.17) is 0 Å². The summed E-state index contributed by atoms with van der Waals surface area (Å²) in [5, 5.41) is 14.5. The Morgan fingerprint density at radius 3 is 2.95 bits per heavy atom. The maximum absolute atomic E-state index is 12.5. The van der Waals surface area contributed by atoms with Crippen molar-refractivity contribution in [3.05, 3.63) is 52.3 Å². The van der Waals surface area contributed by atoms with E-state index < -0.39 is 4.92 Å². The zero-order valence-electron chi connectivity index (χ0n) is 11.5. The van der Waals surface area contributed by atoms with Crippen LogP contribution in [-0.4, -0.2) is 26.7 Å². The van der Waals surface area contributed by atoms with E-state index in [1.165, 1.54) is 10.9 Å². The van der Waals surface area contributed by atoms with E-state index in [0.29, 0.717) is 0 Å². The van der Waals surface area contributed by atoms with Crippen molar-refractivity contribution in [2.24, 2.45) is 0 Å². The minimum Gasteiger partial charge on any atom is -0.307 e. The molecule has 0 radical (unpaired) electrons. The Hall–Kier alpha value is -2.70. The van der Waals surface area contributed by atoms with Gasteiger partial charge in [-0.05, 0) is 25.0 Å². The van der Waals surface area contributed by atoms with E-state index in [1.807, 2.05) is 31.2 Å². The van der Waals surface area contributed by atoms with Gasteiger partial charge in [0.15, 0.2) is 0 Å². The molecule has 7 nitrogen and oxygen atoms in total. The predicted molar refractivity (Wildman–Crippen MR) is 76.0 cm³/mol. The summed E-state index contributed by atoms with van der Waals surface area (Å²) >= 11 is 0. The third-order valence-electron chi connectivity index (χ3n) is 3.60. The van der Waals surface area contributed by atoms with Crippen molar-refractivity contribution < 1.29 is 9.72 Å². The molecule has 2 aromatic rings. The monoisotopic (exact) mass is 286 g/mol. The van der Waals surface area contributed by atoms with E-state index in [-0.39, 0.29) is 24.2 Å². The van der Waals surface area contributed by atoms with Crippen LogP contribution in [0.15, 0.2) is 36.7 Å². The van der Waals surface area contributed by atoms with Crippen LogP contribution < -0.4 is 4.90 Å². The summed E-state index contributed by atoms with van der Waals surface area (Å²) in [6, 6.07) is 7.87. The Morgan fingerprint density at radius 2 is 2.24 bits per heavy atom. The van der Waals surface area contributed by atoms with Gasteiger partial charge in [-0.3, -0.25) is 19.6 Å². The molecule has 108 valence electrons. The first-order valence-electron chi connectivity index (χ1n) is 6.63. The molecule has 1 unspecified atom stereocenters. The van der Waals surface area contributed by atoms with Gasteiger partial charge in [0.1, 0.15) is 18.9 Å². The van der Waals surface area contributed by atoms with Crippen LogP contribution >= 0.6 is 0 Å². The fraction of sp³-hybridized carbons (Fsp3) is 0.286. The normalized spacial score (nSPS) is 16.8. The number of aromatic nitrogens is 2. The number of amides is 1. The minimum absolute atomic E-state index is 0.00743. The smallest absolute Gasteiger partial charge is 0.307 e. The highest BCUT2D eigenvalue weighted by Crippen LogP contribution is 2.31. The van der Waals surface area contributed by atoms with Gasteiger partial charge < -0.3 is 4.90 Å². The molecule has 1 aromatic heterocycles. The molecule has 21 heavy (non-hydrogen) atoms. The lowest BCUT2D eigenvalue weighted by Crippen LogP contribution is -2.38. The van der Waals surface area contributed by atoms with Crippen molar-refractivity contribution in [1.29, 1.82) is 0 Å². The molecular weight excluding hydrogens is 272 g/mol. The molecule has 7 heteroatoms. The summed E-state index contributed by atoms with van der Waals surface area (Å²) in [5.74, 6) is -0.120. The molecule has 1 amide bonds. The Labute approximate surface area is 120 Å². The second kappa shape index (κ2) is 5.01. The highest BCUT2D eigenvalue weighted by atomic mass is 16.6. The maximum Gasteiger partial charge on any atom is 0.307 e. The third-order valence-corrected chi connectivity index (χ3v) is 3.60. The lowest BCUT2D eigenvalue weighted by atomic mass is 10.1. The Balaban J connectivity index is 1.80. The Bertz CT molecular complexity index is 710. The summed E-state index contributed by atoms with van der Waals surface area (Å²) in [5.41, 5.74) is 1.94. The first-order chi connectivity index (χ1) is 10.1. The van der Waals surface area contributed by atoms with Gasteiger partial charge in [-0.2, -0.15) is 5.10 Å². The van der Waals surface area contributed by atoms with Gasteiger partial charge in [-0.25, -0.2) is 0 Å². The number of nitro groups is 1. The van der Waals surface area contributed by atoms with Crippen LogP contribution in [0.1, 0.15) is 12.5 Å². The molecule has 0 spiro atoms. The van der Waals surface area contributed by atoms with Gasteiger partial charge in [0.2, 0.25) is 5.91 Å². The van der Waals surface area contributed by atoms with Gasteiger partial charge in [0.05, 0.1) is 4.92 Å². The number of hydrogen-bond donors (Lipinski definition) is 0. The van der Waals surface area contributed by atoms with Crippen LogP contribution in [0.25, 0.3) is 0 Å². The molecule has 1 atom stereocenters. The van der Waals surface area contributed by atoms with E-state index in [2.05, 4.69) is 5.10 Å². The Kier molecular flexibility index (Phi) is 3.17. The highest BCUT2D eigenvalue weighted by Gasteiger charge is 2.30. The molecule has 1 aromatic carbocycles. The SMILES string of the molecule is CC1Cc2ccccc2N1C(=O)Cn1cc([N+](=O)[O-])cn1. The molecule has 3 rings (SSSR count). The standard InChI is InChI=1S/C14H14N4O3/c1-10-6-11-4-2-3-5-13(11)17(10)14(19)9-16-8-12(7-15-16)18(20)21/h2-5,7-8,10H,6,9H2,1H3. The largest absolute Gasteiger partial charge is 0.307 e. The molecule has 1 aliphatic rings. The number of carbonyl (C=O) groups is 1. The van der Waals surface area contributed by atoms with Crippen LogP contribution in [0.4, 0.5) is 11.4 Å². The average molecular weight is 286 g/mol. The number of nitrogens with zero attached hydrogens (tertiary/aromatic N) is 4. The van der Waals surface area contributed by atoms with Gasteiger partial charge in [0, 0.05) is 11.7 Å². The van der Waals surface area contributed by atoms with E-state index >= 15 is 0 Å². The predicted octanol–water partition coefficient (Wildman–Crippen LogP) is 1.77. The van der Waals surface area contributed by atoms with E-state index in [1.54, 1.807) is 4.90 Å². The van der Waals surface area contributed by atoms with Crippen LogP contribution in [0, 0.1) is 10.1 Å². The number of hydrogen-bond acceptors (Lipinski definition) is 4. The minimum atomic E-state index is -0.526. The highest BCUT2D eigenvalue weighted by molar-refractivity contribution is 5.96. The zero-order valence-corrected chi connectivity index (χ0v) is 11.5. The van der Waals surface area contributed by atoms with Crippen LogP contribution in [0.5, 0.6) is 0 Å². The van der Waals surface area contributed by atoms with Crippen molar-refractivity contribution in [2.45, 2.75) is 25.9 Å². The fourth-order valence-electron chi connectivity index (χ4n) is 2.69. The summed E-state index contributed by atoms with van der Waals surface area (Å²) in [6.07, 6.45) is 3.24. The fourth-order valence-corrected chi connectivity index (χ4v) is 2.69. The molecule has 0 saturated carbocycles. The van der Waals surface area contributed by atoms with Crippen LogP contribution in [0.3, 0.4) is 0 Å². The number of benzene rings is 1. The number of carbonyl (C=O) groups excluding carboxylic acids is 1. The van der Waals surface area contributed by atoms with Crippen molar-refractivity contribution >= 4 is 17.3 Å². The zero-order chi connectivity index (χ0) is 15.0. The number of para-hydroxylation sites is 1. The Morgan fingerprint density at radius 1 is 1.48 bits per heavy atom. The molecule has 0 bridgehead atoms. The van der Waals surface area contributed by atoms with E-state index in [0.717, 1.165) is 23.9 Å². The summed E-state index contributed by atoms with van der Waals surface area (Å²) in [6.45, 7) is 1.98. The lowest BCUT2D eigenvalue weighted by molar-refractivity contribution is -0.385. The van der Waals surface area contributed by atoms with Crippen LogP contribution in [-0.2, 0) is 17.8 Å². The second-order valence-electron chi connectivity index (χ2n) is 5.10. The van der Waals surface area contributed by atoms with Crippen molar-refractivity contribution in [3.8, 4) is 0 Å². The number of anilines is 1. The molecule has 2 heterocycles. The first-order valence-corrected chi connectivity index (χ1v) is 6.63. The molecule has 0 aliphatic carbocycles. The molecular formula is C14H14N4O3. The molecule has 0 saturated heterocycles. The first kappa shape index (κ1) is 13.3. The third kappa shape index (κ3) is 2.37.